The molecule has 1 fully saturated rings. The Morgan fingerprint density at radius 2 is 2.07 bits per heavy atom. The summed E-state index contributed by atoms with van der Waals surface area (Å²) in [5, 5.41) is 14.4. The first-order valence-corrected chi connectivity index (χ1v) is 9.13. The molecule has 5 rings (SSSR count). The molecular weight excluding hydrogens is 364 g/mol. The number of rotatable bonds is 6. The first-order valence-electron chi connectivity index (χ1n) is 8.75. The third-order valence-corrected chi connectivity index (χ3v) is 4.90. The lowest BCUT2D eigenvalue weighted by Gasteiger charge is -2.08. The Morgan fingerprint density at radius 1 is 1.15 bits per heavy atom. The van der Waals surface area contributed by atoms with Crippen LogP contribution in [0.15, 0.2) is 36.8 Å². The number of hydrogen-bond donors (Lipinski definition) is 4. The molecule has 1 saturated carbocycles. The maximum atomic E-state index is 6.34. The van der Waals surface area contributed by atoms with Crippen LogP contribution in [0.5, 0.6) is 0 Å². The van der Waals surface area contributed by atoms with Crippen LogP contribution in [0.4, 0.5) is 17.6 Å². The fourth-order valence-electron chi connectivity index (χ4n) is 2.96. The Bertz CT molecular complexity index is 1100. The molecular formula is C18H17ClN8. The van der Waals surface area contributed by atoms with Crippen LogP contribution in [0.3, 0.4) is 0 Å². The number of benzene rings is 1. The van der Waals surface area contributed by atoms with E-state index in [2.05, 4.69) is 40.8 Å². The summed E-state index contributed by atoms with van der Waals surface area (Å²) >= 11 is 6.34. The molecule has 1 aliphatic carbocycles. The third-order valence-electron chi connectivity index (χ3n) is 4.55. The number of nitrogens with zero attached hydrogens (tertiary/aromatic N) is 4. The normalized spacial score (nSPS) is 13.8. The van der Waals surface area contributed by atoms with Gasteiger partial charge in [0.15, 0.2) is 5.82 Å². The molecule has 0 saturated heterocycles. The van der Waals surface area contributed by atoms with E-state index >= 15 is 0 Å². The molecule has 9 heteroatoms. The molecule has 0 atom stereocenters. The predicted octanol–water partition coefficient (Wildman–Crippen LogP) is 3.96. The lowest BCUT2D eigenvalue weighted by Crippen LogP contribution is -2.05. The number of imidazole rings is 1. The second-order valence-electron chi connectivity index (χ2n) is 6.59. The Morgan fingerprint density at radius 3 is 2.96 bits per heavy atom. The minimum atomic E-state index is 0.505. The highest BCUT2D eigenvalue weighted by atomic mass is 35.5. The van der Waals surface area contributed by atoms with E-state index in [0.29, 0.717) is 29.3 Å². The third kappa shape index (κ3) is 3.43. The van der Waals surface area contributed by atoms with E-state index < -0.39 is 0 Å². The molecule has 8 nitrogen and oxygen atoms in total. The first-order chi connectivity index (χ1) is 13.2. The van der Waals surface area contributed by atoms with E-state index in [-0.39, 0.29) is 0 Å². The van der Waals surface area contributed by atoms with Gasteiger partial charge in [-0.15, -0.1) is 0 Å². The summed E-state index contributed by atoms with van der Waals surface area (Å²) in [6, 6.07) is 7.66. The number of nitrogens with one attached hydrogen (secondary N) is 4. The maximum absolute atomic E-state index is 6.34. The van der Waals surface area contributed by atoms with Gasteiger partial charge < -0.3 is 15.6 Å². The van der Waals surface area contributed by atoms with Crippen LogP contribution >= 0.6 is 11.6 Å². The molecule has 1 aromatic carbocycles. The highest BCUT2D eigenvalue weighted by molar-refractivity contribution is 6.32. The zero-order valence-corrected chi connectivity index (χ0v) is 15.1. The van der Waals surface area contributed by atoms with Gasteiger partial charge in [-0.1, -0.05) is 11.6 Å². The molecule has 3 heterocycles. The van der Waals surface area contributed by atoms with Crippen LogP contribution in [0, 0.1) is 0 Å². The number of fused-ring (bicyclic) bond motifs is 1. The first kappa shape index (κ1) is 16.1. The topological polar surface area (TPSA) is 107 Å². The van der Waals surface area contributed by atoms with Gasteiger partial charge in [-0.3, -0.25) is 5.10 Å². The molecule has 27 heavy (non-hydrogen) atoms. The summed E-state index contributed by atoms with van der Waals surface area (Å²) in [5.74, 6) is 2.58. The summed E-state index contributed by atoms with van der Waals surface area (Å²) < 4.78 is 0. The quantitative estimate of drug-likeness (QED) is 0.403. The van der Waals surface area contributed by atoms with Crippen molar-refractivity contribution < 1.29 is 0 Å². The maximum Gasteiger partial charge on any atom is 0.224 e. The highest BCUT2D eigenvalue weighted by Crippen LogP contribution is 2.39. The highest BCUT2D eigenvalue weighted by Gasteiger charge is 2.25. The van der Waals surface area contributed by atoms with E-state index in [1.807, 2.05) is 18.2 Å². The summed E-state index contributed by atoms with van der Waals surface area (Å²) in [6.45, 7) is 0.505. The van der Waals surface area contributed by atoms with Gasteiger partial charge >= 0.3 is 0 Å². The number of anilines is 3. The minimum Gasteiger partial charge on any atom is -0.350 e. The molecule has 0 aliphatic heterocycles. The number of H-pyrrole nitrogens is 2. The Kier molecular flexibility index (Phi) is 3.90. The van der Waals surface area contributed by atoms with Gasteiger partial charge in [0.05, 0.1) is 17.4 Å². The number of hydrogen-bond acceptors (Lipinski definition) is 6. The zero-order valence-electron chi connectivity index (χ0n) is 14.3. The van der Waals surface area contributed by atoms with Gasteiger partial charge in [0.2, 0.25) is 5.95 Å². The molecule has 3 aromatic heterocycles. The second-order valence-corrected chi connectivity index (χ2v) is 7.00. The fourth-order valence-corrected chi connectivity index (χ4v) is 3.18. The second kappa shape index (κ2) is 6.55. The smallest absolute Gasteiger partial charge is 0.224 e. The molecule has 1 aliphatic rings. The van der Waals surface area contributed by atoms with Crippen LogP contribution < -0.4 is 10.6 Å². The Balaban J connectivity index is 1.28. The van der Waals surface area contributed by atoms with E-state index in [4.69, 9.17) is 11.6 Å². The number of aromatic amines is 2. The molecule has 136 valence electrons. The molecule has 0 amide bonds. The van der Waals surface area contributed by atoms with Gasteiger partial charge in [0.1, 0.15) is 5.82 Å². The van der Waals surface area contributed by atoms with Crippen molar-refractivity contribution in [3.05, 3.63) is 53.1 Å². The van der Waals surface area contributed by atoms with Crippen molar-refractivity contribution >= 4 is 40.2 Å². The van der Waals surface area contributed by atoms with E-state index in [0.717, 1.165) is 22.4 Å². The summed E-state index contributed by atoms with van der Waals surface area (Å²) in [5.41, 5.74) is 3.90. The molecule has 0 radical (unpaired) electrons. The van der Waals surface area contributed by atoms with Gasteiger partial charge in [-0.25, -0.2) is 9.97 Å². The molecule has 0 bridgehead atoms. The SMILES string of the molecule is Clc1cc2nc[nH]c2cc1CNc1nccc(Nc2cc(C3CC3)[nH]n2)n1. The lowest BCUT2D eigenvalue weighted by molar-refractivity contribution is 0.966. The van der Waals surface area contributed by atoms with Crippen LogP contribution in [0.2, 0.25) is 5.02 Å². The standard InChI is InChI=1S/C18H17ClN8/c19-12-6-15-14(22-9-23-15)5-11(12)8-21-18-20-4-3-16(25-18)24-17-7-13(26-27-17)10-1-2-10/h3-7,9-10H,1-2,8H2,(H,22,23)(H3,20,21,24,25,26,27). The number of aromatic nitrogens is 6. The fraction of sp³-hybridized carbons (Fsp3) is 0.222. The van der Waals surface area contributed by atoms with Gasteiger partial charge in [-0.2, -0.15) is 10.1 Å². The van der Waals surface area contributed by atoms with Crippen molar-refractivity contribution in [1.82, 2.24) is 30.1 Å². The molecule has 4 N–H and O–H groups in total. The average Bonchev–Trinajstić information content (AvgIpc) is 3.25. The average molecular weight is 381 g/mol. The summed E-state index contributed by atoms with van der Waals surface area (Å²) in [7, 11) is 0. The van der Waals surface area contributed by atoms with E-state index in [1.54, 1.807) is 18.6 Å². The van der Waals surface area contributed by atoms with Crippen molar-refractivity contribution in [2.75, 3.05) is 10.6 Å². The van der Waals surface area contributed by atoms with Crippen molar-refractivity contribution in [1.29, 1.82) is 0 Å². The summed E-state index contributed by atoms with van der Waals surface area (Å²) in [4.78, 5) is 16.0. The van der Waals surface area contributed by atoms with Crippen LogP contribution in [-0.4, -0.2) is 30.1 Å². The van der Waals surface area contributed by atoms with Crippen LogP contribution in [-0.2, 0) is 6.54 Å². The minimum absolute atomic E-state index is 0.505. The van der Waals surface area contributed by atoms with Crippen LogP contribution in [0.25, 0.3) is 11.0 Å². The van der Waals surface area contributed by atoms with Gasteiger partial charge in [0, 0.05) is 35.4 Å². The van der Waals surface area contributed by atoms with Crippen molar-refractivity contribution in [2.45, 2.75) is 25.3 Å². The largest absolute Gasteiger partial charge is 0.350 e. The van der Waals surface area contributed by atoms with E-state index in [1.165, 1.54) is 18.5 Å². The predicted molar refractivity (Wildman–Crippen MR) is 104 cm³/mol. The molecule has 0 spiro atoms. The van der Waals surface area contributed by atoms with Gasteiger partial charge in [0.25, 0.3) is 0 Å². The van der Waals surface area contributed by atoms with Crippen molar-refractivity contribution in [3.63, 3.8) is 0 Å². The van der Waals surface area contributed by atoms with Crippen molar-refractivity contribution in [2.24, 2.45) is 0 Å². The monoisotopic (exact) mass is 380 g/mol. The van der Waals surface area contributed by atoms with E-state index in [9.17, 15) is 0 Å². The van der Waals surface area contributed by atoms with Crippen molar-refractivity contribution in [3.8, 4) is 0 Å². The Hall–Kier alpha value is -3.13. The van der Waals surface area contributed by atoms with Gasteiger partial charge in [-0.05, 0) is 36.6 Å². The number of halogens is 1. The molecule has 4 aromatic rings. The summed E-state index contributed by atoms with van der Waals surface area (Å²) in [6.07, 6.45) is 5.82. The zero-order chi connectivity index (χ0) is 18.2. The Labute approximate surface area is 159 Å². The van der Waals surface area contributed by atoms with Crippen LogP contribution in [0.1, 0.15) is 30.0 Å². The lowest BCUT2D eigenvalue weighted by atomic mass is 10.2. The molecule has 0 unspecified atom stereocenters.